The molecule has 0 unspecified atom stereocenters. The zero-order chi connectivity index (χ0) is 12.9. The Labute approximate surface area is 101 Å². The van der Waals surface area contributed by atoms with Crippen LogP contribution >= 0.6 is 0 Å². The van der Waals surface area contributed by atoms with E-state index < -0.39 is 10.0 Å². The molecular weight excluding hydrogens is 240 g/mol. The van der Waals surface area contributed by atoms with Crippen molar-refractivity contribution < 1.29 is 13.2 Å². The van der Waals surface area contributed by atoms with E-state index in [-0.39, 0.29) is 5.91 Å². The van der Waals surface area contributed by atoms with Crippen molar-refractivity contribution in [3.05, 3.63) is 29.8 Å². The zero-order valence-corrected chi connectivity index (χ0v) is 10.7. The molecule has 0 fully saturated rings. The number of amides is 1. The number of anilines is 1. The second-order valence-electron chi connectivity index (χ2n) is 3.66. The Morgan fingerprint density at radius 2 is 1.94 bits per heavy atom. The van der Waals surface area contributed by atoms with Crippen LogP contribution in [-0.2, 0) is 21.4 Å². The standard InChI is InChI=1S/C11H16N2O3S/c1-3-11(14)12-8-9-6-4-5-7-10(9)13-17(2,15)16/h4-7,13H,3,8H2,1-2H3,(H,12,14). The fraction of sp³-hybridized carbons (Fsp3) is 0.364. The van der Waals surface area contributed by atoms with Crippen molar-refractivity contribution in [2.24, 2.45) is 0 Å². The molecule has 6 heteroatoms. The van der Waals surface area contributed by atoms with Crippen LogP contribution in [0.1, 0.15) is 18.9 Å². The van der Waals surface area contributed by atoms with Gasteiger partial charge in [-0.2, -0.15) is 0 Å². The lowest BCUT2D eigenvalue weighted by molar-refractivity contribution is -0.120. The summed E-state index contributed by atoms with van der Waals surface area (Å²) in [5.41, 5.74) is 1.23. The first kappa shape index (κ1) is 13.5. The predicted octanol–water partition coefficient (Wildman–Crippen LogP) is 1.08. The van der Waals surface area contributed by atoms with E-state index in [4.69, 9.17) is 0 Å². The minimum absolute atomic E-state index is 0.0702. The summed E-state index contributed by atoms with van der Waals surface area (Å²) in [6.45, 7) is 2.07. The molecule has 0 aliphatic carbocycles. The lowest BCUT2D eigenvalue weighted by atomic mass is 10.2. The molecule has 1 amide bonds. The van der Waals surface area contributed by atoms with Crippen molar-refractivity contribution in [3.8, 4) is 0 Å². The highest BCUT2D eigenvalue weighted by Crippen LogP contribution is 2.15. The van der Waals surface area contributed by atoms with Gasteiger partial charge in [-0.25, -0.2) is 8.42 Å². The highest BCUT2D eigenvalue weighted by molar-refractivity contribution is 7.92. The van der Waals surface area contributed by atoms with Crippen LogP contribution in [-0.4, -0.2) is 20.6 Å². The number of carbonyl (C=O) groups excluding carboxylic acids is 1. The average Bonchev–Trinajstić information content (AvgIpc) is 2.25. The minimum atomic E-state index is -3.31. The maximum Gasteiger partial charge on any atom is 0.229 e. The summed E-state index contributed by atoms with van der Waals surface area (Å²) in [5, 5.41) is 2.70. The number of hydrogen-bond acceptors (Lipinski definition) is 3. The van der Waals surface area contributed by atoms with E-state index in [9.17, 15) is 13.2 Å². The van der Waals surface area contributed by atoms with Crippen LogP contribution < -0.4 is 10.0 Å². The van der Waals surface area contributed by atoms with Gasteiger partial charge in [0.2, 0.25) is 15.9 Å². The molecule has 1 aromatic carbocycles. The van der Waals surface area contributed by atoms with Gasteiger partial charge in [-0.05, 0) is 11.6 Å². The van der Waals surface area contributed by atoms with Crippen molar-refractivity contribution in [2.45, 2.75) is 19.9 Å². The van der Waals surface area contributed by atoms with E-state index in [1.165, 1.54) is 0 Å². The van der Waals surface area contributed by atoms with E-state index in [0.29, 0.717) is 18.7 Å². The molecule has 0 atom stereocenters. The van der Waals surface area contributed by atoms with Crippen LogP contribution in [0.25, 0.3) is 0 Å². The van der Waals surface area contributed by atoms with Crippen LogP contribution in [0.3, 0.4) is 0 Å². The molecule has 1 aromatic rings. The molecule has 2 N–H and O–H groups in total. The van der Waals surface area contributed by atoms with Gasteiger partial charge in [0.05, 0.1) is 11.9 Å². The number of benzene rings is 1. The Morgan fingerprint density at radius 1 is 1.29 bits per heavy atom. The van der Waals surface area contributed by atoms with Gasteiger partial charge in [0.15, 0.2) is 0 Å². The molecule has 17 heavy (non-hydrogen) atoms. The molecule has 0 aliphatic heterocycles. The van der Waals surface area contributed by atoms with E-state index in [2.05, 4.69) is 10.0 Å². The van der Waals surface area contributed by atoms with E-state index >= 15 is 0 Å². The normalized spacial score (nSPS) is 10.9. The number of nitrogens with one attached hydrogen (secondary N) is 2. The van der Waals surface area contributed by atoms with Crippen molar-refractivity contribution >= 4 is 21.6 Å². The van der Waals surface area contributed by atoms with Gasteiger partial charge < -0.3 is 5.32 Å². The van der Waals surface area contributed by atoms with Crippen LogP contribution in [0.5, 0.6) is 0 Å². The molecule has 0 heterocycles. The minimum Gasteiger partial charge on any atom is -0.352 e. The zero-order valence-electron chi connectivity index (χ0n) is 9.86. The summed E-state index contributed by atoms with van der Waals surface area (Å²) in [5.74, 6) is -0.0702. The molecule has 0 spiro atoms. The van der Waals surface area contributed by atoms with Crippen LogP contribution in [0.4, 0.5) is 5.69 Å². The molecule has 5 nitrogen and oxygen atoms in total. The van der Waals surface area contributed by atoms with E-state index in [1.54, 1.807) is 31.2 Å². The summed E-state index contributed by atoms with van der Waals surface area (Å²) in [4.78, 5) is 11.1. The number of para-hydroxylation sites is 1. The number of sulfonamides is 1. The van der Waals surface area contributed by atoms with Crippen molar-refractivity contribution in [1.82, 2.24) is 5.32 Å². The van der Waals surface area contributed by atoms with E-state index in [0.717, 1.165) is 11.8 Å². The second kappa shape index (κ2) is 5.67. The molecular formula is C11H16N2O3S. The first-order valence-corrected chi connectivity index (χ1v) is 7.14. The smallest absolute Gasteiger partial charge is 0.229 e. The monoisotopic (exact) mass is 256 g/mol. The van der Waals surface area contributed by atoms with Crippen molar-refractivity contribution in [1.29, 1.82) is 0 Å². The maximum absolute atomic E-state index is 11.1. The Hall–Kier alpha value is -1.56. The Morgan fingerprint density at radius 3 is 2.53 bits per heavy atom. The molecule has 0 saturated carbocycles. The number of rotatable bonds is 5. The third kappa shape index (κ3) is 4.86. The Bertz CT molecular complexity index is 497. The number of carbonyl (C=O) groups is 1. The third-order valence-electron chi connectivity index (χ3n) is 2.11. The molecule has 94 valence electrons. The lowest BCUT2D eigenvalue weighted by Gasteiger charge is -2.11. The molecule has 0 aliphatic rings. The van der Waals surface area contributed by atoms with Crippen LogP contribution in [0, 0.1) is 0 Å². The quantitative estimate of drug-likeness (QED) is 0.828. The van der Waals surface area contributed by atoms with Crippen LogP contribution in [0.15, 0.2) is 24.3 Å². The van der Waals surface area contributed by atoms with Crippen molar-refractivity contribution in [3.63, 3.8) is 0 Å². The molecule has 1 rings (SSSR count). The van der Waals surface area contributed by atoms with Gasteiger partial charge >= 0.3 is 0 Å². The van der Waals surface area contributed by atoms with Gasteiger partial charge in [-0.15, -0.1) is 0 Å². The van der Waals surface area contributed by atoms with Crippen LogP contribution in [0.2, 0.25) is 0 Å². The highest BCUT2D eigenvalue weighted by Gasteiger charge is 2.07. The van der Waals surface area contributed by atoms with Gasteiger partial charge in [0.25, 0.3) is 0 Å². The highest BCUT2D eigenvalue weighted by atomic mass is 32.2. The molecule has 0 radical (unpaired) electrons. The summed E-state index contributed by atoms with van der Waals surface area (Å²) in [7, 11) is -3.31. The summed E-state index contributed by atoms with van der Waals surface area (Å²) >= 11 is 0. The van der Waals surface area contributed by atoms with E-state index in [1.807, 2.05) is 0 Å². The summed E-state index contributed by atoms with van der Waals surface area (Å²) in [6.07, 6.45) is 1.50. The SMILES string of the molecule is CCC(=O)NCc1ccccc1NS(C)(=O)=O. The average molecular weight is 256 g/mol. The van der Waals surface area contributed by atoms with Gasteiger partial charge in [-0.1, -0.05) is 25.1 Å². The predicted molar refractivity (Wildman–Crippen MR) is 67.0 cm³/mol. The second-order valence-corrected chi connectivity index (χ2v) is 5.41. The van der Waals surface area contributed by atoms with Gasteiger partial charge in [0.1, 0.15) is 0 Å². The fourth-order valence-corrected chi connectivity index (χ4v) is 1.89. The fourth-order valence-electron chi connectivity index (χ4n) is 1.29. The Balaban J connectivity index is 2.81. The Kier molecular flexibility index (Phi) is 4.51. The number of hydrogen-bond donors (Lipinski definition) is 2. The summed E-state index contributed by atoms with van der Waals surface area (Å²) in [6, 6.07) is 6.96. The molecule has 0 aromatic heterocycles. The van der Waals surface area contributed by atoms with Gasteiger partial charge in [0, 0.05) is 13.0 Å². The largest absolute Gasteiger partial charge is 0.352 e. The third-order valence-corrected chi connectivity index (χ3v) is 2.70. The first-order valence-electron chi connectivity index (χ1n) is 5.24. The lowest BCUT2D eigenvalue weighted by Crippen LogP contribution is -2.22. The topological polar surface area (TPSA) is 75.3 Å². The van der Waals surface area contributed by atoms with Gasteiger partial charge in [-0.3, -0.25) is 9.52 Å². The molecule has 0 bridgehead atoms. The molecule has 0 saturated heterocycles. The summed E-state index contributed by atoms with van der Waals surface area (Å²) < 4.78 is 24.7. The first-order chi connectivity index (χ1) is 7.92. The maximum atomic E-state index is 11.1. The van der Waals surface area contributed by atoms with Crippen molar-refractivity contribution in [2.75, 3.05) is 11.0 Å².